The van der Waals surface area contributed by atoms with Crippen LogP contribution >= 0.6 is 0 Å². The van der Waals surface area contributed by atoms with Crippen LogP contribution in [0.2, 0.25) is 0 Å². The van der Waals surface area contributed by atoms with Crippen LogP contribution in [0.1, 0.15) is 26.7 Å². The van der Waals surface area contributed by atoms with Crippen LogP contribution in [-0.2, 0) is 14.6 Å². The molecule has 1 rings (SSSR count). The fourth-order valence-corrected chi connectivity index (χ4v) is 2.57. The minimum Gasteiger partial charge on any atom is -0.480 e. The highest BCUT2D eigenvalue weighted by Gasteiger charge is 2.36. The third kappa shape index (κ3) is 3.23. The van der Waals surface area contributed by atoms with Crippen LogP contribution in [0.4, 0.5) is 5.82 Å². The fraction of sp³-hybridized carbons (Fsp3) is 0.500. The van der Waals surface area contributed by atoms with Crippen molar-refractivity contribution in [1.29, 1.82) is 0 Å². The lowest BCUT2D eigenvalue weighted by Crippen LogP contribution is -2.45. The van der Waals surface area contributed by atoms with E-state index in [0.29, 0.717) is 12.8 Å². The van der Waals surface area contributed by atoms with Gasteiger partial charge >= 0.3 is 5.97 Å². The van der Waals surface area contributed by atoms with E-state index in [-0.39, 0.29) is 10.7 Å². The van der Waals surface area contributed by atoms with Gasteiger partial charge in [-0.1, -0.05) is 13.8 Å². The van der Waals surface area contributed by atoms with Crippen LogP contribution in [0.5, 0.6) is 0 Å². The van der Waals surface area contributed by atoms with E-state index in [1.165, 1.54) is 18.3 Å². The Balaban J connectivity index is 3.29. The van der Waals surface area contributed by atoms with E-state index in [1.807, 2.05) is 0 Å². The molecule has 0 spiro atoms. The molecule has 2 N–H and O–H groups in total. The Morgan fingerprint density at radius 2 is 2.00 bits per heavy atom. The first-order valence-electron chi connectivity index (χ1n) is 5.93. The molecule has 0 aromatic carbocycles. The summed E-state index contributed by atoms with van der Waals surface area (Å²) in [7, 11) is -3.47. The van der Waals surface area contributed by atoms with Crippen molar-refractivity contribution in [2.45, 2.75) is 37.1 Å². The number of anilines is 1. The van der Waals surface area contributed by atoms with Gasteiger partial charge in [0.25, 0.3) is 0 Å². The molecule has 0 bridgehead atoms. The smallest absolute Gasteiger partial charge is 0.329 e. The van der Waals surface area contributed by atoms with Crippen LogP contribution in [0.25, 0.3) is 0 Å². The zero-order valence-electron chi connectivity index (χ0n) is 11.2. The SMILES string of the molecule is CCC(CC)(Nc1ncccc1S(C)(=O)=O)C(=O)O. The zero-order valence-corrected chi connectivity index (χ0v) is 12.0. The van der Waals surface area contributed by atoms with Crippen molar-refractivity contribution < 1.29 is 18.3 Å². The van der Waals surface area contributed by atoms with Crippen LogP contribution < -0.4 is 5.32 Å². The van der Waals surface area contributed by atoms with Crippen LogP contribution in [0.15, 0.2) is 23.2 Å². The molecule has 0 saturated heterocycles. The number of carboxylic acid groups (broad SMARTS) is 1. The summed E-state index contributed by atoms with van der Waals surface area (Å²) in [5.41, 5.74) is -1.21. The maximum absolute atomic E-state index is 11.7. The van der Waals surface area contributed by atoms with Gasteiger partial charge in [-0.15, -0.1) is 0 Å². The van der Waals surface area contributed by atoms with Crippen molar-refractivity contribution in [3.05, 3.63) is 18.3 Å². The first kappa shape index (κ1) is 15.4. The predicted molar refractivity (Wildman–Crippen MR) is 71.9 cm³/mol. The normalized spacial score (nSPS) is 12.2. The quantitative estimate of drug-likeness (QED) is 0.823. The molecule has 7 heteroatoms. The van der Waals surface area contributed by atoms with Crippen LogP contribution in [-0.4, -0.2) is 36.3 Å². The molecule has 0 atom stereocenters. The summed E-state index contributed by atoms with van der Waals surface area (Å²) in [6, 6.07) is 2.91. The number of carboxylic acids is 1. The van der Waals surface area contributed by atoms with Crippen molar-refractivity contribution in [3.63, 3.8) is 0 Å². The van der Waals surface area contributed by atoms with Gasteiger partial charge in [0, 0.05) is 12.5 Å². The molecule has 6 nitrogen and oxygen atoms in total. The molecule has 106 valence electrons. The minimum absolute atomic E-state index is 0.00234. The molecule has 0 saturated carbocycles. The molecule has 0 fully saturated rings. The molecular formula is C12H18N2O4S. The summed E-state index contributed by atoms with van der Waals surface area (Å²) in [6.07, 6.45) is 3.13. The Kier molecular flexibility index (Phi) is 4.52. The number of aliphatic carboxylic acids is 1. The predicted octanol–water partition coefficient (Wildman–Crippen LogP) is 1.54. The first-order chi connectivity index (χ1) is 8.77. The Hall–Kier alpha value is -1.63. The number of pyridine rings is 1. The lowest BCUT2D eigenvalue weighted by molar-refractivity contribution is -0.142. The first-order valence-corrected chi connectivity index (χ1v) is 7.82. The van der Waals surface area contributed by atoms with Crippen molar-refractivity contribution in [3.8, 4) is 0 Å². The number of nitrogens with one attached hydrogen (secondary N) is 1. The van der Waals surface area contributed by atoms with E-state index in [2.05, 4.69) is 10.3 Å². The topological polar surface area (TPSA) is 96.4 Å². The van der Waals surface area contributed by atoms with E-state index >= 15 is 0 Å². The molecule has 19 heavy (non-hydrogen) atoms. The number of nitrogens with zero attached hydrogens (tertiary/aromatic N) is 1. The molecule has 1 aromatic rings. The second-order valence-corrected chi connectivity index (χ2v) is 6.33. The Morgan fingerprint density at radius 3 is 2.42 bits per heavy atom. The number of hydrogen-bond acceptors (Lipinski definition) is 5. The minimum atomic E-state index is -3.47. The van der Waals surface area contributed by atoms with E-state index in [1.54, 1.807) is 13.8 Å². The molecule has 1 heterocycles. The van der Waals surface area contributed by atoms with Gasteiger partial charge in [-0.3, -0.25) is 0 Å². The maximum Gasteiger partial charge on any atom is 0.329 e. The van der Waals surface area contributed by atoms with Crippen molar-refractivity contribution in [2.24, 2.45) is 0 Å². The zero-order chi connectivity index (χ0) is 14.7. The summed E-state index contributed by atoms with van der Waals surface area (Å²) < 4.78 is 23.3. The average Bonchev–Trinajstić information content (AvgIpc) is 2.35. The fourth-order valence-electron chi connectivity index (χ4n) is 1.79. The van der Waals surface area contributed by atoms with E-state index in [9.17, 15) is 18.3 Å². The lowest BCUT2D eigenvalue weighted by Gasteiger charge is -2.29. The van der Waals surface area contributed by atoms with Gasteiger partial charge in [0.05, 0.1) is 0 Å². The summed E-state index contributed by atoms with van der Waals surface area (Å²) >= 11 is 0. The summed E-state index contributed by atoms with van der Waals surface area (Å²) in [6.45, 7) is 3.46. The van der Waals surface area contributed by atoms with E-state index < -0.39 is 21.3 Å². The average molecular weight is 286 g/mol. The van der Waals surface area contributed by atoms with Crippen molar-refractivity contribution in [2.75, 3.05) is 11.6 Å². The highest BCUT2D eigenvalue weighted by molar-refractivity contribution is 7.90. The Morgan fingerprint density at radius 1 is 1.42 bits per heavy atom. The highest BCUT2D eigenvalue weighted by Crippen LogP contribution is 2.26. The number of sulfone groups is 1. The number of aromatic nitrogens is 1. The number of rotatable bonds is 6. The Labute approximate surface area is 112 Å². The molecular weight excluding hydrogens is 268 g/mol. The van der Waals surface area contributed by atoms with Crippen LogP contribution in [0, 0.1) is 0 Å². The largest absolute Gasteiger partial charge is 0.480 e. The summed E-state index contributed by atoms with van der Waals surface area (Å²) in [5.74, 6) is -0.946. The molecule has 0 aliphatic heterocycles. The molecule has 0 aliphatic carbocycles. The molecule has 0 aliphatic rings. The van der Waals surface area contributed by atoms with Gasteiger partial charge in [-0.25, -0.2) is 18.2 Å². The molecule has 0 radical (unpaired) electrons. The second kappa shape index (κ2) is 5.56. The standard InChI is InChI=1S/C12H18N2O4S/c1-4-12(5-2,11(15)16)14-10-9(19(3,17)18)7-6-8-13-10/h6-8H,4-5H2,1-3H3,(H,13,14)(H,15,16). The van der Waals surface area contributed by atoms with Gasteiger partial charge in [0.1, 0.15) is 16.3 Å². The van der Waals surface area contributed by atoms with E-state index in [0.717, 1.165) is 6.26 Å². The van der Waals surface area contributed by atoms with Gasteiger partial charge in [0.2, 0.25) is 0 Å². The van der Waals surface area contributed by atoms with Gasteiger partial charge in [0.15, 0.2) is 9.84 Å². The molecule has 0 unspecified atom stereocenters. The molecule has 1 aromatic heterocycles. The van der Waals surface area contributed by atoms with Crippen LogP contribution in [0.3, 0.4) is 0 Å². The third-order valence-corrected chi connectivity index (χ3v) is 4.27. The third-order valence-electron chi connectivity index (χ3n) is 3.14. The second-order valence-electron chi connectivity index (χ2n) is 4.34. The lowest BCUT2D eigenvalue weighted by atomic mass is 9.93. The van der Waals surface area contributed by atoms with Crippen molar-refractivity contribution in [1.82, 2.24) is 4.98 Å². The summed E-state index contributed by atoms with van der Waals surface area (Å²) in [4.78, 5) is 15.4. The van der Waals surface area contributed by atoms with Gasteiger partial charge < -0.3 is 10.4 Å². The number of hydrogen-bond donors (Lipinski definition) is 2. The van der Waals surface area contributed by atoms with Crippen molar-refractivity contribution >= 4 is 21.6 Å². The maximum atomic E-state index is 11.7. The van der Waals surface area contributed by atoms with Gasteiger partial charge in [-0.2, -0.15) is 0 Å². The summed E-state index contributed by atoms with van der Waals surface area (Å²) in [5, 5.41) is 12.1. The number of carbonyl (C=O) groups is 1. The van der Waals surface area contributed by atoms with E-state index in [4.69, 9.17) is 0 Å². The highest BCUT2D eigenvalue weighted by atomic mass is 32.2. The van der Waals surface area contributed by atoms with Gasteiger partial charge in [-0.05, 0) is 25.0 Å². The Bertz CT molecular complexity index is 565. The molecule has 0 amide bonds. The monoisotopic (exact) mass is 286 g/mol.